The zero-order chi connectivity index (χ0) is 13.5. The molecule has 1 N–H and O–H groups in total. The maximum Gasteiger partial charge on any atom is 0.329 e. The summed E-state index contributed by atoms with van der Waals surface area (Å²) in [6.45, 7) is 4.81. The van der Waals surface area contributed by atoms with Crippen LogP contribution in [-0.4, -0.2) is 20.6 Å². The molecule has 5 nitrogen and oxygen atoms in total. The molecule has 0 atom stereocenters. The Morgan fingerprint density at radius 3 is 2.56 bits per heavy atom. The van der Waals surface area contributed by atoms with Gasteiger partial charge in [0.05, 0.1) is 10.9 Å². The molecule has 0 radical (unpaired) electrons. The molecule has 1 heterocycles. The smallest absolute Gasteiger partial charge is 0.329 e. The van der Waals surface area contributed by atoms with E-state index in [1.54, 1.807) is 49.6 Å². The zero-order valence-electron chi connectivity index (χ0n) is 10.5. The fraction of sp³-hybridized carbons (Fsp3) is 0.308. The van der Waals surface area contributed by atoms with Crippen molar-refractivity contribution in [1.82, 2.24) is 9.55 Å². The maximum absolute atomic E-state index is 11.8. The Morgan fingerprint density at radius 2 is 1.94 bits per heavy atom. The number of hydrogen-bond acceptors (Lipinski definition) is 3. The maximum atomic E-state index is 11.8. The lowest BCUT2D eigenvalue weighted by atomic mass is 10.0. The summed E-state index contributed by atoms with van der Waals surface area (Å²) in [6, 6.07) is 6.89. The Balaban J connectivity index is 2.95. The Kier molecular flexibility index (Phi) is 2.69. The fourth-order valence-electron chi connectivity index (χ4n) is 2.08. The van der Waals surface area contributed by atoms with E-state index in [1.165, 1.54) is 0 Å². The molecule has 2 rings (SSSR count). The molecule has 0 unspecified atom stereocenters. The van der Waals surface area contributed by atoms with Crippen LogP contribution in [0.5, 0.6) is 0 Å². The predicted octanol–water partition coefficient (Wildman–Crippen LogP) is 1.52. The molecule has 0 aliphatic carbocycles. The van der Waals surface area contributed by atoms with E-state index in [0.29, 0.717) is 16.7 Å². The van der Waals surface area contributed by atoms with Crippen molar-refractivity contribution < 1.29 is 9.90 Å². The molecule has 0 bridgehead atoms. The van der Waals surface area contributed by atoms with Gasteiger partial charge in [0.25, 0.3) is 5.56 Å². The summed E-state index contributed by atoms with van der Waals surface area (Å²) in [5, 5.41) is 9.75. The van der Waals surface area contributed by atoms with E-state index >= 15 is 0 Å². The predicted molar refractivity (Wildman–Crippen MR) is 67.7 cm³/mol. The van der Waals surface area contributed by atoms with Crippen LogP contribution in [0, 0.1) is 6.92 Å². The number of carboxylic acids is 1. The second-order valence-corrected chi connectivity index (χ2v) is 4.68. The van der Waals surface area contributed by atoms with Crippen LogP contribution in [0.15, 0.2) is 29.1 Å². The van der Waals surface area contributed by atoms with Crippen LogP contribution in [0.2, 0.25) is 0 Å². The molecular formula is C13H14N2O3. The van der Waals surface area contributed by atoms with Crippen molar-refractivity contribution in [3.05, 3.63) is 40.4 Å². The minimum atomic E-state index is -1.16. The minimum absolute atomic E-state index is 0.333. The molecule has 0 aliphatic rings. The number of carboxylic acid groups (broad SMARTS) is 1. The van der Waals surface area contributed by atoms with Crippen molar-refractivity contribution in [2.75, 3.05) is 0 Å². The second kappa shape index (κ2) is 3.94. The normalized spacial score (nSPS) is 11.7. The molecule has 0 aliphatic heterocycles. The molecule has 1 aromatic heterocycles. The van der Waals surface area contributed by atoms with Crippen LogP contribution in [0.4, 0.5) is 0 Å². The van der Waals surface area contributed by atoms with Gasteiger partial charge in [-0.3, -0.25) is 4.79 Å². The van der Waals surface area contributed by atoms with Gasteiger partial charge < -0.3 is 9.67 Å². The number of aromatic nitrogens is 2. The molecule has 0 amide bonds. The van der Waals surface area contributed by atoms with Gasteiger partial charge >= 0.3 is 5.97 Å². The lowest BCUT2D eigenvalue weighted by Crippen LogP contribution is -2.38. The number of hydrogen-bond donors (Lipinski definition) is 1. The summed E-state index contributed by atoms with van der Waals surface area (Å²) in [6.07, 6.45) is 0. The van der Waals surface area contributed by atoms with E-state index in [0.717, 1.165) is 0 Å². The number of benzene rings is 1. The standard InChI is InChI=1S/C13H14N2O3/c1-8-14-11(16)9-6-4-5-7-10(9)15(8)13(2,3)12(17)18/h4-7H,1-3H3,(H,17,18). The van der Waals surface area contributed by atoms with Crippen molar-refractivity contribution in [2.45, 2.75) is 26.3 Å². The molecule has 1 aromatic carbocycles. The van der Waals surface area contributed by atoms with E-state index in [1.807, 2.05) is 0 Å². The van der Waals surface area contributed by atoms with Gasteiger partial charge in [-0.15, -0.1) is 0 Å². The molecule has 5 heteroatoms. The van der Waals surface area contributed by atoms with Gasteiger partial charge in [0.15, 0.2) is 0 Å². The highest BCUT2D eigenvalue weighted by atomic mass is 16.4. The summed E-state index contributed by atoms with van der Waals surface area (Å²) in [5.74, 6) is -0.577. The van der Waals surface area contributed by atoms with Crippen molar-refractivity contribution in [2.24, 2.45) is 0 Å². The Labute approximate surface area is 104 Å². The fourth-order valence-corrected chi connectivity index (χ4v) is 2.08. The Hall–Kier alpha value is -2.17. The Bertz CT molecular complexity index is 686. The summed E-state index contributed by atoms with van der Waals surface area (Å²) in [4.78, 5) is 27.0. The quantitative estimate of drug-likeness (QED) is 0.872. The highest BCUT2D eigenvalue weighted by Crippen LogP contribution is 2.22. The van der Waals surface area contributed by atoms with Gasteiger partial charge in [-0.1, -0.05) is 12.1 Å². The van der Waals surface area contributed by atoms with Crippen molar-refractivity contribution >= 4 is 16.9 Å². The minimum Gasteiger partial charge on any atom is -0.480 e. The van der Waals surface area contributed by atoms with Gasteiger partial charge in [-0.2, -0.15) is 4.98 Å². The number of fused-ring (bicyclic) bond motifs is 1. The third-order valence-corrected chi connectivity index (χ3v) is 3.04. The summed E-state index contributed by atoms with van der Waals surface area (Å²) in [7, 11) is 0. The molecule has 0 saturated heterocycles. The third kappa shape index (κ3) is 1.68. The number of aryl methyl sites for hydroxylation is 1. The van der Waals surface area contributed by atoms with E-state index in [4.69, 9.17) is 0 Å². The first-order chi connectivity index (χ1) is 8.35. The number of nitrogens with zero attached hydrogens (tertiary/aromatic N) is 2. The number of para-hydroxylation sites is 1. The van der Waals surface area contributed by atoms with Gasteiger partial charge in [0.2, 0.25) is 0 Å². The van der Waals surface area contributed by atoms with E-state index < -0.39 is 11.5 Å². The first kappa shape index (κ1) is 12.3. The first-order valence-electron chi connectivity index (χ1n) is 5.58. The van der Waals surface area contributed by atoms with Gasteiger partial charge in [-0.05, 0) is 32.9 Å². The van der Waals surface area contributed by atoms with Crippen LogP contribution in [0.25, 0.3) is 10.9 Å². The van der Waals surface area contributed by atoms with E-state index in [-0.39, 0.29) is 5.56 Å². The number of rotatable bonds is 2. The lowest BCUT2D eigenvalue weighted by Gasteiger charge is -2.27. The second-order valence-electron chi connectivity index (χ2n) is 4.68. The average molecular weight is 246 g/mol. The number of carbonyl (C=O) groups is 1. The highest BCUT2D eigenvalue weighted by molar-refractivity contribution is 5.83. The molecule has 18 heavy (non-hydrogen) atoms. The van der Waals surface area contributed by atoms with Gasteiger partial charge in [-0.25, -0.2) is 4.79 Å². The van der Waals surface area contributed by atoms with Crippen LogP contribution in [0.3, 0.4) is 0 Å². The van der Waals surface area contributed by atoms with Crippen molar-refractivity contribution in [1.29, 1.82) is 0 Å². The van der Waals surface area contributed by atoms with Crippen molar-refractivity contribution in [3.8, 4) is 0 Å². The number of aliphatic carboxylic acids is 1. The lowest BCUT2D eigenvalue weighted by molar-refractivity contribution is -0.145. The van der Waals surface area contributed by atoms with Gasteiger partial charge in [0, 0.05) is 0 Å². The largest absolute Gasteiger partial charge is 0.480 e. The first-order valence-corrected chi connectivity index (χ1v) is 5.58. The summed E-state index contributed by atoms with van der Waals surface area (Å²) in [5.41, 5.74) is -0.910. The zero-order valence-corrected chi connectivity index (χ0v) is 10.5. The van der Waals surface area contributed by atoms with Crippen LogP contribution in [0.1, 0.15) is 19.7 Å². The Morgan fingerprint density at radius 1 is 1.33 bits per heavy atom. The molecule has 94 valence electrons. The van der Waals surface area contributed by atoms with Crippen LogP contribution in [-0.2, 0) is 10.3 Å². The SMILES string of the molecule is Cc1nc(=O)c2ccccc2n1C(C)(C)C(=O)O. The summed E-state index contributed by atoms with van der Waals surface area (Å²) >= 11 is 0. The monoisotopic (exact) mass is 246 g/mol. The molecular weight excluding hydrogens is 232 g/mol. The summed E-state index contributed by atoms with van der Waals surface area (Å²) < 4.78 is 1.58. The molecule has 0 spiro atoms. The van der Waals surface area contributed by atoms with Gasteiger partial charge in [0.1, 0.15) is 11.4 Å². The van der Waals surface area contributed by atoms with E-state index in [9.17, 15) is 14.7 Å². The van der Waals surface area contributed by atoms with Crippen LogP contribution < -0.4 is 5.56 Å². The molecule has 0 fully saturated rings. The third-order valence-electron chi connectivity index (χ3n) is 3.04. The van der Waals surface area contributed by atoms with E-state index in [2.05, 4.69) is 4.98 Å². The van der Waals surface area contributed by atoms with Crippen LogP contribution >= 0.6 is 0 Å². The average Bonchev–Trinajstić information content (AvgIpc) is 2.28. The topological polar surface area (TPSA) is 72.2 Å². The highest BCUT2D eigenvalue weighted by Gasteiger charge is 2.31. The molecule has 2 aromatic rings. The van der Waals surface area contributed by atoms with Crippen molar-refractivity contribution in [3.63, 3.8) is 0 Å². The molecule has 0 saturated carbocycles.